The van der Waals surface area contributed by atoms with Crippen molar-refractivity contribution in [3.63, 3.8) is 0 Å². The van der Waals surface area contributed by atoms with Crippen LogP contribution in [0.2, 0.25) is 0 Å². The Balaban J connectivity index is 2.45. The molecule has 5 heteroatoms. The minimum absolute atomic E-state index is 0.0203. The first-order chi connectivity index (χ1) is 8.17. The number of aliphatic hydroxyl groups is 1. The van der Waals surface area contributed by atoms with E-state index in [0.29, 0.717) is 10.6 Å². The molecule has 0 heterocycles. The van der Waals surface area contributed by atoms with Gasteiger partial charge in [-0.3, -0.25) is 0 Å². The van der Waals surface area contributed by atoms with Crippen LogP contribution in [0.4, 0.5) is 8.78 Å². The predicted molar refractivity (Wildman–Crippen MR) is 66.2 cm³/mol. The fraction of sp³-hybridized carbons (Fsp3) is 0.500. The number of nitrogens with one attached hydrogen (secondary N) is 1. The maximum absolute atomic E-state index is 12.9. The molecule has 0 fully saturated rings. The second kappa shape index (κ2) is 7.63. The molecule has 1 unspecified atom stereocenters. The Bertz CT molecular complexity index is 349. The van der Waals surface area contributed by atoms with Crippen LogP contribution in [0.15, 0.2) is 23.1 Å². The number of halogens is 2. The molecule has 96 valence electrons. The summed E-state index contributed by atoms with van der Waals surface area (Å²) in [7, 11) is 0. The summed E-state index contributed by atoms with van der Waals surface area (Å²) >= 11 is 1.40. The van der Waals surface area contributed by atoms with Crippen LogP contribution in [0, 0.1) is 11.6 Å². The third kappa shape index (κ3) is 5.02. The van der Waals surface area contributed by atoms with E-state index in [1.54, 1.807) is 0 Å². The lowest BCUT2D eigenvalue weighted by Crippen LogP contribution is -2.35. The van der Waals surface area contributed by atoms with Crippen molar-refractivity contribution >= 4 is 11.8 Å². The third-order valence-electron chi connectivity index (χ3n) is 2.25. The van der Waals surface area contributed by atoms with Crippen LogP contribution in [0.25, 0.3) is 0 Å². The van der Waals surface area contributed by atoms with Crippen LogP contribution in [0.5, 0.6) is 0 Å². The van der Waals surface area contributed by atoms with Crippen molar-refractivity contribution in [3.8, 4) is 0 Å². The van der Waals surface area contributed by atoms with Gasteiger partial charge < -0.3 is 10.4 Å². The first-order valence-corrected chi connectivity index (χ1v) is 6.58. The fourth-order valence-corrected chi connectivity index (χ4v) is 2.26. The van der Waals surface area contributed by atoms with Gasteiger partial charge in [0.15, 0.2) is 11.6 Å². The van der Waals surface area contributed by atoms with E-state index in [-0.39, 0.29) is 12.6 Å². The highest BCUT2D eigenvalue weighted by Gasteiger charge is 2.08. The predicted octanol–water partition coefficient (Wildman–Crippen LogP) is 2.42. The smallest absolute Gasteiger partial charge is 0.159 e. The van der Waals surface area contributed by atoms with E-state index < -0.39 is 11.6 Å². The summed E-state index contributed by atoms with van der Waals surface area (Å²) < 4.78 is 25.6. The molecule has 1 atom stereocenters. The molecule has 0 aliphatic heterocycles. The number of hydrogen-bond donors (Lipinski definition) is 2. The van der Waals surface area contributed by atoms with E-state index in [1.807, 2.05) is 6.92 Å². The van der Waals surface area contributed by atoms with E-state index in [4.69, 9.17) is 5.11 Å². The van der Waals surface area contributed by atoms with Crippen molar-refractivity contribution in [2.45, 2.75) is 24.3 Å². The number of rotatable bonds is 7. The molecule has 1 rings (SSSR count). The first-order valence-electron chi connectivity index (χ1n) is 5.59. The molecular weight excluding hydrogens is 244 g/mol. The van der Waals surface area contributed by atoms with Gasteiger partial charge in [-0.1, -0.05) is 6.92 Å². The average molecular weight is 261 g/mol. The van der Waals surface area contributed by atoms with Crippen molar-refractivity contribution in [1.29, 1.82) is 0 Å². The van der Waals surface area contributed by atoms with Gasteiger partial charge in [0.1, 0.15) is 0 Å². The molecule has 1 aromatic rings. The molecule has 17 heavy (non-hydrogen) atoms. The highest BCUT2D eigenvalue weighted by Crippen LogP contribution is 2.21. The Kier molecular flexibility index (Phi) is 6.47. The molecule has 2 nitrogen and oxygen atoms in total. The van der Waals surface area contributed by atoms with Gasteiger partial charge in [-0.15, -0.1) is 11.8 Å². The van der Waals surface area contributed by atoms with Gasteiger partial charge in [0.2, 0.25) is 0 Å². The van der Waals surface area contributed by atoms with Crippen molar-refractivity contribution in [2.75, 3.05) is 18.9 Å². The van der Waals surface area contributed by atoms with Crippen LogP contribution >= 0.6 is 11.8 Å². The summed E-state index contributed by atoms with van der Waals surface area (Å²) in [6.45, 7) is 2.92. The summed E-state index contributed by atoms with van der Waals surface area (Å²) in [6.07, 6.45) is 0.992. The van der Waals surface area contributed by atoms with Gasteiger partial charge >= 0.3 is 0 Å². The molecule has 0 aromatic heterocycles. The van der Waals surface area contributed by atoms with Crippen molar-refractivity contribution < 1.29 is 13.9 Å². The Morgan fingerprint density at radius 3 is 2.71 bits per heavy atom. The second-order valence-electron chi connectivity index (χ2n) is 3.72. The Labute approximate surface area is 104 Å². The van der Waals surface area contributed by atoms with Gasteiger partial charge in [-0.25, -0.2) is 8.78 Å². The molecule has 0 radical (unpaired) electrons. The van der Waals surface area contributed by atoms with Crippen molar-refractivity contribution in [2.24, 2.45) is 0 Å². The zero-order valence-corrected chi connectivity index (χ0v) is 10.6. The fourth-order valence-electron chi connectivity index (χ4n) is 1.29. The SMILES string of the molecule is CCCNC(CO)CSc1ccc(F)c(F)c1. The maximum Gasteiger partial charge on any atom is 0.159 e. The maximum atomic E-state index is 12.9. The van der Waals surface area contributed by atoms with E-state index >= 15 is 0 Å². The third-order valence-corrected chi connectivity index (χ3v) is 3.40. The topological polar surface area (TPSA) is 32.3 Å². The number of thioether (sulfide) groups is 1. The Morgan fingerprint density at radius 1 is 1.35 bits per heavy atom. The van der Waals surface area contributed by atoms with Gasteiger partial charge in [-0.05, 0) is 31.2 Å². The van der Waals surface area contributed by atoms with Crippen LogP contribution < -0.4 is 5.32 Å². The highest BCUT2D eigenvalue weighted by atomic mass is 32.2. The molecule has 0 bridgehead atoms. The van der Waals surface area contributed by atoms with E-state index in [2.05, 4.69) is 5.32 Å². The van der Waals surface area contributed by atoms with Gasteiger partial charge in [0, 0.05) is 16.7 Å². The molecule has 2 N–H and O–H groups in total. The number of benzene rings is 1. The minimum Gasteiger partial charge on any atom is -0.395 e. The van der Waals surface area contributed by atoms with E-state index in [1.165, 1.54) is 23.9 Å². The quantitative estimate of drug-likeness (QED) is 0.739. The van der Waals surface area contributed by atoms with Gasteiger partial charge in [0.25, 0.3) is 0 Å². The largest absolute Gasteiger partial charge is 0.395 e. The molecule has 0 aliphatic carbocycles. The molecule has 0 saturated heterocycles. The zero-order chi connectivity index (χ0) is 12.7. The molecule has 0 saturated carbocycles. The second-order valence-corrected chi connectivity index (χ2v) is 4.81. The van der Waals surface area contributed by atoms with Crippen molar-refractivity contribution in [3.05, 3.63) is 29.8 Å². The lowest BCUT2D eigenvalue weighted by molar-refractivity contribution is 0.254. The average Bonchev–Trinajstić information content (AvgIpc) is 2.34. The zero-order valence-electron chi connectivity index (χ0n) is 9.75. The van der Waals surface area contributed by atoms with Gasteiger partial charge in [0.05, 0.1) is 6.61 Å². The van der Waals surface area contributed by atoms with Crippen molar-refractivity contribution in [1.82, 2.24) is 5.32 Å². The molecule has 0 aliphatic rings. The summed E-state index contributed by atoms with van der Waals surface area (Å²) in [5, 5.41) is 12.3. The number of hydrogen-bond acceptors (Lipinski definition) is 3. The molecular formula is C12H17F2NOS. The van der Waals surface area contributed by atoms with E-state index in [0.717, 1.165) is 19.0 Å². The monoisotopic (exact) mass is 261 g/mol. The summed E-state index contributed by atoms with van der Waals surface area (Å²) in [5.74, 6) is -1.05. The Morgan fingerprint density at radius 2 is 2.12 bits per heavy atom. The lowest BCUT2D eigenvalue weighted by Gasteiger charge is -2.15. The Hall–Kier alpha value is -0.650. The summed E-state index contributed by atoms with van der Waals surface area (Å²) in [4.78, 5) is 0.667. The van der Waals surface area contributed by atoms with Gasteiger partial charge in [-0.2, -0.15) is 0 Å². The standard InChI is InChI=1S/C12H17F2NOS/c1-2-5-15-9(7-16)8-17-10-3-4-11(13)12(14)6-10/h3-4,6,9,15-16H,2,5,7-8H2,1H3. The van der Waals surface area contributed by atoms with Crippen LogP contribution in [0.3, 0.4) is 0 Å². The van der Waals surface area contributed by atoms with Crippen LogP contribution in [0.1, 0.15) is 13.3 Å². The minimum atomic E-state index is -0.836. The first kappa shape index (κ1) is 14.4. The van der Waals surface area contributed by atoms with E-state index in [9.17, 15) is 8.78 Å². The summed E-state index contributed by atoms with van der Waals surface area (Å²) in [5.41, 5.74) is 0. The highest BCUT2D eigenvalue weighted by molar-refractivity contribution is 7.99. The molecule has 0 amide bonds. The molecule has 0 spiro atoms. The number of aliphatic hydroxyl groups excluding tert-OH is 1. The normalized spacial score (nSPS) is 12.7. The molecule has 1 aromatic carbocycles. The van der Waals surface area contributed by atoms with Crippen LogP contribution in [-0.2, 0) is 0 Å². The lowest BCUT2D eigenvalue weighted by atomic mass is 10.3. The summed E-state index contributed by atoms with van der Waals surface area (Å²) in [6, 6.07) is 3.81. The van der Waals surface area contributed by atoms with Crippen LogP contribution in [-0.4, -0.2) is 30.1 Å².